The lowest BCUT2D eigenvalue weighted by atomic mass is 10.3. The molecule has 17 heavy (non-hydrogen) atoms. The van der Waals surface area contributed by atoms with Crippen molar-refractivity contribution < 1.29 is 9.66 Å². The number of rotatable bonds is 6. The predicted molar refractivity (Wildman–Crippen MR) is 74.4 cm³/mol. The fourth-order valence-corrected chi connectivity index (χ4v) is 2.35. The zero-order valence-electron chi connectivity index (χ0n) is 8.86. The second-order valence-corrected chi connectivity index (χ2v) is 5.01. The van der Waals surface area contributed by atoms with E-state index in [2.05, 4.69) is 28.6 Å². The first-order chi connectivity index (χ1) is 8.06. The molecule has 0 atom stereocenters. The van der Waals surface area contributed by atoms with Crippen LogP contribution in [0.2, 0.25) is 5.02 Å². The molecule has 0 saturated carbocycles. The molecule has 94 valence electrons. The van der Waals surface area contributed by atoms with Crippen molar-refractivity contribution in [2.45, 2.75) is 12.8 Å². The van der Waals surface area contributed by atoms with E-state index in [1.54, 1.807) is 6.07 Å². The summed E-state index contributed by atoms with van der Waals surface area (Å²) in [6.45, 7) is 0.418. The van der Waals surface area contributed by atoms with Crippen LogP contribution in [0.1, 0.15) is 12.8 Å². The lowest BCUT2D eigenvalue weighted by Crippen LogP contribution is -2.01. The number of ether oxygens (including phenoxy) is 1. The Morgan fingerprint density at radius 3 is 2.76 bits per heavy atom. The topological polar surface area (TPSA) is 52.4 Å². The van der Waals surface area contributed by atoms with Gasteiger partial charge in [-0.1, -0.05) is 11.6 Å². The number of nitro groups is 1. The molecular formula is C10H11BrClNO3S. The van der Waals surface area contributed by atoms with Crippen molar-refractivity contribution in [1.29, 1.82) is 0 Å². The van der Waals surface area contributed by atoms with Crippen LogP contribution in [0.15, 0.2) is 16.6 Å². The van der Waals surface area contributed by atoms with Gasteiger partial charge in [0.15, 0.2) is 0 Å². The highest BCUT2D eigenvalue weighted by Crippen LogP contribution is 2.37. The summed E-state index contributed by atoms with van der Waals surface area (Å²) in [6, 6.07) is 2.85. The minimum atomic E-state index is -0.509. The van der Waals surface area contributed by atoms with Crippen molar-refractivity contribution in [3.05, 3.63) is 31.7 Å². The number of nitrogens with zero attached hydrogens (tertiary/aromatic N) is 1. The monoisotopic (exact) mass is 339 g/mol. The van der Waals surface area contributed by atoms with Gasteiger partial charge in [-0.05, 0) is 40.6 Å². The van der Waals surface area contributed by atoms with Crippen LogP contribution in [-0.4, -0.2) is 17.3 Å². The zero-order chi connectivity index (χ0) is 12.8. The van der Waals surface area contributed by atoms with Crippen molar-refractivity contribution in [3.8, 4) is 5.75 Å². The first kappa shape index (κ1) is 14.6. The number of hydrogen-bond donors (Lipinski definition) is 1. The first-order valence-electron chi connectivity index (χ1n) is 4.93. The van der Waals surface area contributed by atoms with Gasteiger partial charge in [0.25, 0.3) is 0 Å². The number of halogens is 2. The van der Waals surface area contributed by atoms with Crippen molar-refractivity contribution >= 4 is 45.8 Å². The maximum absolute atomic E-state index is 10.8. The van der Waals surface area contributed by atoms with Gasteiger partial charge in [-0.2, -0.15) is 12.6 Å². The van der Waals surface area contributed by atoms with Gasteiger partial charge in [-0.3, -0.25) is 10.1 Å². The zero-order valence-corrected chi connectivity index (χ0v) is 12.1. The Balaban J connectivity index is 2.85. The van der Waals surface area contributed by atoms with E-state index in [1.165, 1.54) is 6.07 Å². The minimum absolute atomic E-state index is 0.129. The van der Waals surface area contributed by atoms with E-state index in [-0.39, 0.29) is 11.4 Å². The van der Waals surface area contributed by atoms with E-state index in [4.69, 9.17) is 16.3 Å². The third kappa shape index (κ3) is 4.37. The van der Waals surface area contributed by atoms with Crippen LogP contribution in [0, 0.1) is 10.1 Å². The maximum Gasteiger partial charge on any atom is 0.313 e. The average molecular weight is 341 g/mol. The number of thiol groups is 1. The Kier molecular flexibility index (Phi) is 6.08. The number of benzene rings is 1. The molecule has 1 rings (SSSR count). The molecule has 0 aliphatic rings. The molecule has 0 bridgehead atoms. The highest BCUT2D eigenvalue weighted by atomic mass is 79.9. The lowest BCUT2D eigenvalue weighted by molar-refractivity contribution is -0.385. The summed E-state index contributed by atoms with van der Waals surface area (Å²) in [4.78, 5) is 10.3. The summed E-state index contributed by atoms with van der Waals surface area (Å²) in [5.41, 5.74) is -0.129. The van der Waals surface area contributed by atoms with Crippen LogP contribution in [0.25, 0.3) is 0 Å². The predicted octanol–water partition coefficient (Wildman–Crippen LogP) is 4.10. The van der Waals surface area contributed by atoms with Crippen LogP contribution >= 0.6 is 40.2 Å². The van der Waals surface area contributed by atoms with Gasteiger partial charge in [0.2, 0.25) is 5.75 Å². The van der Waals surface area contributed by atoms with E-state index in [0.29, 0.717) is 16.1 Å². The summed E-state index contributed by atoms with van der Waals surface area (Å²) in [5.74, 6) is 0.992. The van der Waals surface area contributed by atoms with Crippen molar-refractivity contribution in [2.75, 3.05) is 12.4 Å². The third-order valence-electron chi connectivity index (χ3n) is 1.98. The quantitative estimate of drug-likeness (QED) is 0.367. The van der Waals surface area contributed by atoms with Gasteiger partial charge in [0.1, 0.15) is 0 Å². The summed E-state index contributed by atoms with van der Waals surface area (Å²) >= 11 is 13.0. The van der Waals surface area contributed by atoms with E-state index in [1.807, 2.05) is 0 Å². The van der Waals surface area contributed by atoms with E-state index in [9.17, 15) is 10.1 Å². The molecule has 0 aliphatic heterocycles. The summed E-state index contributed by atoms with van der Waals surface area (Å²) in [7, 11) is 0. The van der Waals surface area contributed by atoms with Gasteiger partial charge in [-0.25, -0.2) is 0 Å². The standard InChI is InChI=1S/C10H11BrClNO3S/c11-8-5-7(12)6-9(13(14)15)10(8)16-3-1-2-4-17/h5-6,17H,1-4H2. The highest BCUT2D eigenvalue weighted by molar-refractivity contribution is 9.10. The highest BCUT2D eigenvalue weighted by Gasteiger charge is 2.19. The first-order valence-corrected chi connectivity index (χ1v) is 6.73. The largest absolute Gasteiger partial charge is 0.486 e. The molecule has 1 aromatic carbocycles. The Morgan fingerprint density at radius 2 is 2.18 bits per heavy atom. The molecular weight excluding hydrogens is 330 g/mol. The molecule has 0 aliphatic carbocycles. The molecule has 0 heterocycles. The molecule has 0 fully saturated rings. The Bertz CT molecular complexity index is 417. The van der Waals surface area contributed by atoms with Gasteiger partial charge in [0, 0.05) is 11.1 Å². The normalized spacial score (nSPS) is 10.3. The van der Waals surface area contributed by atoms with E-state index < -0.39 is 4.92 Å². The lowest BCUT2D eigenvalue weighted by Gasteiger charge is -2.08. The fourth-order valence-electron chi connectivity index (χ4n) is 1.21. The summed E-state index contributed by atoms with van der Waals surface area (Å²) in [5, 5.41) is 11.1. The van der Waals surface area contributed by atoms with Crippen LogP contribution in [-0.2, 0) is 0 Å². The number of hydrogen-bond acceptors (Lipinski definition) is 4. The number of unbranched alkanes of at least 4 members (excludes halogenated alkanes) is 1. The van der Waals surface area contributed by atoms with Crippen molar-refractivity contribution in [3.63, 3.8) is 0 Å². The Morgan fingerprint density at radius 1 is 1.47 bits per heavy atom. The van der Waals surface area contributed by atoms with Gasteiger partial charge < -0.3 is 4.74 Å². The van der Waals surface area contributed by atoms with Gasteiger partial charge in [-0.15, -0.1) is 0 Å². The average Bonchev–Trinajstić information content (AvgIpc) is 2.25. The molecule has 0 unspecified atom stereocenters. The second-order valence-electron chi connectivity index (χ2n) is 3.27. The van der Waals surface area contributed by atoms with Crippen molar-refractivity contribution in [1.82, 2.24) is 0 Å². The maximum atomic E-state index is 10.8. The molecule has 7 heteroatoms. The van der Waals surface area contributed by atoms with Crippen molar-refractivity contribution in [2.24, 2.45) is 0 Å². The SMILES string of the molecule is O=[N+]([O-])c1cc(Cl)cc(Br)c1OCCCCS. The summed E-state index contributed by atoms with van der Waals surface area (Å²) in [6.07, 6.45) is 1.71. The Hall–Kier alpha value is -0.460. The van der Waals surface area contributed by atoms with Gasteiger partial charge in [0.05, 0.1) is 16.0 Å². The smallest absolute Gasteiger partial charge is 0.313 e. The fraction of sp³-hybridized carbons (Fsp3) is 0.400. The van der Waals surface area contributed by atoms with Crippen LogP contribution in [0.5, 0.6) is 5.75 Å². The van der Waals surface area contributed by atoms with Gasteiger partial charge >= 0.3 is 5.69 Å². The molecule has 4 nitrogen and oxygen atoms in total. The van der Waals surface area contributed by atoms with Crippen LogP contribution < -0.4 is 4.74 Å². The Labute approximate surface area is 118 Å². The molecule has 1 aromatic rings. The summed E-state index contributed by atoms with van der Waals surface area (Å²) < 4.78 is 5.89. The second kappa shape index (κ2) is 7.08. The third-order valence-corrected chi connectivity index (χ3v) is 3.11. The molecule has 0 saturated heterocycles. The van der Waals surface area contributed by atoms with E-state index >= 15 is 0 Å². The number of nitro benzene ring substituents is 1. The van der Waals surface area contributed by atoms with Crippen LogP contribution in [0.3, 0.4) is 0 Å². The van der Waals surface area contributed by atoms with Crippen LogP contribution in [0.4, 0.5) is 5.69 Å². The molecule has 0 aromatic heterocycles. The molecule has 0 N–H and O–H groups in total. The molecule has 0 radical (unpaired) electrons. The molecule has 0 amide bonds. The van der Waals surface area contributed by atoms with E-state index in [0.717, 1.165) is 18.6 Å². The molecule has 0 spiro atoms. The minimum Gasteiger partial charge on any atom is -0.486 e.